The van der Waals surface area contributed by atoms with Crippen molar-refractivity contribution in [3.8, 4) is 0 Å². The van der Waals surface area contributed by atoms with Crippen molar-refractivity contribution in [1.29, 1.82) is 0 Å². The second-order valence-corrected chi connectivity index (χ2v) is 7.53. The zero-order valence-corrected chi connectivity index (χ0v) is 13.5. The summed E-state index contributed by atoms with van der Waals surface area (Å²) in [6.07, 6.45) is -0.140. The minimum absolute atomic E-state index is 0.0101. The van der Waals surface area contributed by atoms with E-state index in [0.29, 0.717) is 0 Å². The summed E-state index contributed by atoms with van der Waals surface area (Å²) in [5, 5.41) is 0. The van der Waals surface area contributed by atoms with Crippen LogP contribution in [0.4, 0.5) is 4.79 Å². The van der Waals surface area contributed by atoms with Crippen molar-refractivity contribution >= 4 is 16.1 Å². The van der Waals surface area contributed by atoms with E-state index in [1.807, 2.05) is 32.4 Å². The lowest BCUT2D eigenvalue weighted by Crippen LogP contribution is -2.37. The van der Waals surface area contributed by atoms with Crippen LogP contribution in [0.25, 0.3) is 0 Å². The normalized spacial score (nSPS) is 13.3. The molecule has 0 aliphatic carbocycles. The summed E-state index contributed by atoms with van der Waals surface area (Å²) in [4.78, 5) is 11.8. The maximum Gasteiger partial charge on any atom is 0.421 e. The van der Waals surface area contributed by atoms with Gasteiger partial charge in [0.15, 0.2) is 0 Å². The Labute approximate surface area is 126 Å². The number of hydrogen-bond acceptors (Lipinski definition) is 4. The molecule has 0 aliphatic rings. The van der Waals surface area contributed by atoms with Crippen LogP contribution >= 0.6 is 0 Å². The monoisotopic (exact) mass is 311 g/mol. The Morgan fingerprint density at radius 3 is 2.24 bits per heavy atom. The van der Waals surface area contributed by atoms with Gasteiger partial charge in [-0.05, 0) is 19.1 Å². The van der Waals surface area contributed by atoms with Gasteiger partial charge in [0, 0.05) is 5.41 Å². The molecule has 0 saturated heterocycles. The smallest absolute Gasteiger partial charge is 0.421 e. The molecule has 0 saturated carbocycles. The first kappa shape index (κ1) is 17.2. The first-order valence-corrected chi connectivity index (χ1v) is 7.97. The van der Waals surface area contributed by atoms with E-state index in [1.54, 1.807) is 12.1 Å². The predicted molar refractivity (Wildman–Crippen MR) is 81.4 cm³/mol. The zero-order valence-electron chi connectivity index (χ0n) is 12.7. The van der Waals surface area contributed by atoms with E-state index in [9.17, 15) is 13.2 Å². The Morgan fingerprint density at radius 2 is 1.81 bits per heavy atom. The highest BCUT2D eigenvalue weighted by Gasteiger charge is 2.27. The molecule has 0 radical (unpaired) electrons. The minimum Gasteiger partial charge on any atom is -0.441 e. The average Bonchev–Trinajstić information content (AvgIpc) is 2.34. The lowest BCUT2D eigenvalue weighted by atomic mass is 9.89. The van der Waals surface area contributed by atoms with Crippen LogP contribution < -0.4 is 4.72 Å². The molecule has 0 spiro atoms. The summed E-state index contributed by atoms with van der Waals surface area (Å²) in [6.45, 7) is 11.0. The molecule has 0 aliphatic heterocycles. The van der Waals surface area contributed by atoms with E-state index in [0.717, 1.165) is 5.56 Å². The molecule has 21 heavy (non-hydrogen) atoms. The fraction of sp³-hybridized carbons (Fsp3) is 0.400. The summed E-state index contributed by atoms with van der Waals surface area (Å²) in [6, 6.07) is 6.17. The van der Waals surface area contributed by atoms with Crippen LogP contribution in [0.2, 0.25) is 0 Å². The molecule has 1 N–H and O–H groups in total. The van der Waals surface area contributed by atoms with Crippen molar-refractivity contribution in [3.05, 3.63) is 42.5 Å². The Bertz CT molecular complexity index is 612. The molecule has 0 bridgehead atoms. The van der Waals surface area contributed by atoms with Gasteiger partial charge >= 0.3 is 6.09 Å². The Balaban J connectivity index is 2.82. The number of sulfonamides is 1. The molecule has 5 nitrogen and oxygen atoms in total. The number of aryl methyl sites for hydroxylation is 1. The summed E-state index contributed by atoms with van der Waals surface area (Å²) in [7, 11) is -3.93. The van der Waals surface area contributed by atoms with Gasteiger partial charge in [-0.3, -0.25) is 0 Å². The Morgan fingerprint density at radius 1 is 1.29 bits per heavy atom. The average molecular weight is 311 g/mol. The molecule has 0 aromatic heterocycles. The van der Waals surface area contributed by atoms with Gasteiger partial charge in [-0.1, -0.05) is 51.1 Å². The van der Waals surface area contributed by atoms with Gasteiger partial charge < -0.3 is 4.74 Å². The molecule has 116 valence electrons. The van der Waals surface area contributed by atoms with Crippen LogP contribution in [0, 0.1) is 12.3 Å². The van der Waals surface area contributed by atoms with E-state index in [-0.39, 0.29) is 10.3 Å². The summed E-state index contributed by atoms with van der Waals surface area (Å²) in [5.41, 5.74) is 0.558. The number of benzene rings is 1. The largest absolute Gasteiger partial charge is 0.441 e. The van der Waals surface area contributed by atoms with E-state index in [4.69, 9.17) is 4.74 Å². The van der Waals surface area contributed by atoms with Gasteiger partial charge in [0.2, 0.25) is 0 Å². The lowest BCUT2D eigenvalue weighted by Gasteiger charge is -2.27. The van der Waals surface area contributed by atoms with E-state index < -0.39 is 22.2 Å². The number of carbonyl (C=O) groups is 1. The zero-order chi connectivity index (χ0) is 16.3. The highest BCUT2D eigenvalue weighted by Crippen LogP contribution is 2.23. The van der Waals surface area contributed by atoms with Crippen LogP contribution in [0.5, 0.6) is 0 Å². The predicted octanol–water partition coefficient (Wildman–Crippen LogP) is 3.01. The van der Waals surface area contributed by atoms with E-state index in [2.05, 4.69) is 6.58 Å². The van der Waals surface area contributed by atoms with Crippen LogP contribution in [-0.2, 0) is 14.8 Å². The highest BCUT2D eigenvalue weighted by molar-refractivity contribution is 7.90. The molecule has 1 rings (SSSR count). The van der Waals surface area contributed by atoms with Crippen molar-refractivity contribution < 1.29 is 17.9 Å². The van der Waals surface area contributed by atoms with Crippen molar-refractivity contribution in [2.45, 2.75) is 38.7 Å². The number of carbonyl (C=O) groups excluding carboxylic acids is 1. The molecular formula is C15H21NO4S. The van der Waals surface area contributed by atoms with E-state index in [1.165, 1.54) is 18.2 Å². The number of rotatable bonds is 4. The second-order valence-electron chi connectivity index (χ2n) is 5.85. The number of hydrogen-bond donors (Lipinski definition) is 1. The molecule has 0 heterocycles. The van der Waals surface area contributed by atoms with Crippen LogP contribution in [0.3, 0.4) is 0 Å². The van der Waals surface area contributed by atoms with Crippen molar-refractivity contribution in [3.63, 3.8) is 0 Å². The Kier molecular flexibility index (Phi) is 5.17. The van der Waals surface area contributed by atoms with Crippen LogP contribution in [0.1, 0.15) is 26.3 Å². The third kappa shape index (κ3) is 4.90. The van der Waals surface area contributed by atoms with Crippen LogP contribution in [-0.4, -0.2) is 20.6 Å². The lowest BCUT2D eigenvalue weighted by molar-refractivity contribution is 0.0656. The van der Waals surface area contributed by atoms with Gasteiger partial charge in [-0.15, -0.1) is 0 Å². The van der Waals surface area contributed by atoms with Gasteiger partial charge in [0.25, 0.3) is 10.0 Å². The maximum absolute atomic E-state index is 12.0. The number of ether oxygens (including phenoxy) is 1. The fourth-order valence-electron chi connectivity index (χ4n) is 1.60. The van der Waals surface area contributed by atoms with Gasteiger partial charge in [0.1, 0.15) is 6.10 Å². The Hall–Kier alpha value is -1.82. The van der Waals surface area contributed by atoms with Crippen molar-refractivity contribution in [2.75, 3.05) is 0 Å². The maximum atomic E-state index is 12.0. The number of amides is 1. The fourth-order valence-corrected chi connectivity index (χ4v) is 2.48. The minimum atomic E-state index is -3.93. The molecule has 0 fully saturated rings. The molecule has 1 amide bonds. The van der Waals surface area contributed by atoms with Gasteiger partial charge in [-0.25, -0.2) is 17.9 Å². The molecule has 1 aromatic rings. The first-order chi connectivity index (χ1) is 9.56. The standard InChI is InChI=1S/C15H21NO4S/c1-6-13(15(3,4)5)20-14(17)16-21(18,19)12-9-7-11(2)8-10-12/h6-10,13H,1H2,2-5H3,(H,16,17)/t13-/m1/s1. The third-order valence-corrected chi connectivity index (χ3v) is 4.18. The molecular weight excluding hydrogens is 290 g/mol. The quantitative estimate of drug-likeness (QED) is 0.868. The number of nitrogens with one attached hydrogen (secondary N) is 1. The first-order valence-electron chi connectivity index (χ1n) is 6.49. The molecule has 1 aromatic carbocycles. The van der Waals surface area contributed by atoms with Gasteiger partial charge in [-0.2, -0.15) is 0 Å². The second kappa shape index (κ2) is 6.30. The highest BCUT2D eigenvalue weighted by atomic mass is 32.2. The van der Waals surface area contributed by atoms with Crippen molar-refractivity contribution in [1.82, 2.24) is 4.72 Å². The van der Waals surface area contributed by atoms with Crippen LogP contribution in [0.15, 0.2) is 41.8 Å². The van der Waals surface area contributed by atoms with E-state index >= 15 is 0 Å². The topological polar surface area (TPSA) is 72.5 Å². The summed E-state index contributed by atoms with van der Waals surface area (Å²) >= 11 is 0. The summed E-state index contributed by atoms with van der Waals surface area (Å²) < 4.78 is 31.1. The molecule has 0 unspecified atom stereocenters. The molecule has 1 atom stereocenters. The third-order valence-electron chi connectivity index (χ3n) is 2.85. The molecule has 6 heteroatoms. The van der Waals surface area contributed by atoms with Gasteiger partial charge in [0.05, 0.1) is 4.90 Å². The summed E-state index contributed by atoms with van der Waals surface area (Å²) in [5.74, 6) is 0. The van der Waals surface area contributed by atoms with Crippen molar-refractivity contribution in [2.24, 2.45) is 5.41 Å². The SMILES string of the molecule is C=C[C@@H](OC(=O)NS(=O)(=O)c1ccc(C)cc1)C(C)(C)C.